The van der Waals surface area contributed by atoms with Gasteiger partial charge in [0.05, 0.1) is 5.56 Å². The van der Waals surface area contributed by atoms with Crippen LogP contribution in [-0.2, 0) is 4.79 Å². The van der Waals surface area contributed by atoms with Crippen LogP contribution in [0.1, 0.15) is 17.2 Å². The number of aromatic amines is 1. The summed E-state index contributed by atoms with van der Waals surface area (Å²) in [5.41, 5.74) is 3.48. The maximum Gasteiger partial charge on any atom is 0.325 e. The molecule has 1 unspecified atom stereocenters. The smallest absolute Gasteiger partial charge is 0.325 e. The number of aromatic nitrogens is 1. The van der Waals surface area contributed by atoms with Crippen molar-refractivity contribution in [2.45, 2.75) is 6.04 Å². The molecule has 6 rings (SSSR count). The summed E-state index contributed by atoms with van der Waals surface area (Å²) >= 11 is 0. The third-order valence-corrected chi connectivity index (χ3v) is 6.57. The van der Waals surface area contributed by atoms with Gasteiger partial charge in [-0.3, -0.25) is 9.69 Å². The predicted octanol–water partition coefficient (Wildman–Crippen LogP) is 4.80. The fourth-order valence-electron chi connectivity index (χ4n) is 4.91. The number of nitrogens with one attached hydrogen (secondary N) is 1. The van der Waals surface area contributed by atoms with E-state index in [-0.39, 0.29) is 0 Å². The maximum atomic E-state index is 12.4. The molecule has 0 bridgehead atoms. The minimum Gasteiger partial charge on any atom is -0.480 e. The Balaban J connectivity index is 1.30. The number of hydrogen-bond donors (Lipinski definition) is 2. The SMILES string of the molecule is O=C(O)C(c1c[nH]c2ccccc12)N1CCN(C2=Nc3ccccc3Oc3ccccc32)CC1. The first kappa shape index (κ1) is 20.5. The molecule has 4 aromatic rings. The van der Waals surface area contributed by atoms with Crippen molar-refractivity contribution in [2.24, 2.45) is 4.99 Å². The van der Waals surface area contributed by atoms with Crippen molar-refractivity contribution in [3.05, 3.63) is 90.1 Å². The van der Waals surface area contributed by atoms with Gasteiger partial charge < -0.3 is 19.7 Å². The van der Waals surface area contributed by atoms with Gasteiger partial charge in [0.15, 0.2) is 5.75 Å². The van der Waals surface area contributed by atoms with Crippen molar-refractivity contribution in [1.29, 1.82) is 0 Å². The molecule has 7 heteroatoms. The minimum absolute atomic E-state index is 0.611. The molecule has 0 spiro atoms. The molecule has 3 aromatic carbocycles. The number of aliphatic imine (C=N–C) groups is 1. The molecule has 34 heavy (non-hydrogen) atoms. The van der Waals surface area contributed by atoms with E-state index in [0.717, 1.165) is 45.1 Å². The second kappa shape index (κ2) is 8.35. The summed E-state index contributed by atoms with van der Waals surface area (Å²) in [5.74, 6) is 1.53. The van der Waals surface area contributed by atoms with Crippen LogP contribution in [0.25, 0.3) is 10.9 Å². The topological polar surface area (TPSA) is 81.2 Å². The first-order valence-corrected chi connectivity index (χ1v) is 11.4. The molecule has 0 saturated carbocycles. The average Bonchev–Trinajstić information content (AvgIpc) is 3.20. The molecular formula is C27H24N4O3. The zero-order chi connectivity index (χ0) is 23.1. The number of hydrogen-bond acceptors (Lipinski definition) is 5. The zero-order valence-corrected chi connectivity index (χ0v) is 18.5. The summed E-state index contributed by atoms with van der Waals surface area (Å²) in [6.45, 7) is 2.56. The van der Waals surface area contributed by atoms with Crippen molar-refractivity contribution in [3.63, 3.8) is 0 Å². The summed E-state index contributed by atoms with van der Waals surface area (Å²) in [4.78, 5) is 24.8. The van der Waals surface area contributed by atoms with Gasteiger partial charge in [0.2, 0.25) is 0 Å². The van der Waals surface area contributed by atoms with Crippen LogP contribution in [0.5, 0.6) is 11.5 Å². The van der Waals surface area contributed by atoms with Crippen molar-refractivity contribution >= 4 is 28.4 Å². The van der Waals surface area contributed by atoms with Gasteiger partial charge in [0.25, 0.3) is 0 Å². The van der Waals surface area contributed by atoms with E-state index in [1.165, 1.54) is 0 Å². The largest absolute Gasteiger partial charge is 0.480 e. The van der Waals surface area contributed by atoms with Gasteiger partial charge >= 0.3 is 5.97 Å². The number of nitrogens with zero attached hydrogens (tertiary/aromatic N) is 3. The Morgan fingerprint density at radius 1 is 0.912 bits per heavy atom. The van der Waals surface area contributed by atoms with E-state index in [1.807, 2.05) is 83.9 Å². The lowest BCUT2D eigenvalue weighted by atomic mass is 10.0. The number of H-pyrrole nitrogens is 1. The quantitative estimate of drug-likeness (QED) is 0.467. The van der Waals surface area contributed by atoms with E-state index in [9.17, 15) is 9.90 Å². The number of amidine groups is 1. The molecule has 170 valence electrons. The highest BCUT2D eigenvalue weighted by Crippen LogP contribution is 2.38. The molecule has 0 radical (unpaired) electrons. The molecular weight excluding hydrogens is 428 g/mol. The number of carbonyl (C=O) groups is 1. The molecule has 1 atom stereocenters. The number of rotatable bonds is 3. The van der Waals surface area contributed by atoms with Crippen LogP contribution in [0.15, 0.2) is 84.0 Å². The van der Waals surface area contributed by atoms with Gasteiger partial charge in [-0.05, 0) is 30.3 Å². The van der Waals surface area contributed by atoms with Gasteiger partial charge in [-0.1, -0.05) is 42.5 Å². The second-order valence-corrected chi connectivity index (χ2v) is 8.55. The van der Waals surface area contributed by atoms with E-state index in [1.54, 1.807) is 0 Å². The minimum atomic E-state index is -0.835. The van der Waals surface area contributed by atoms with E-state index in [0.29, 0.717) is 26.2 Å². The van der Waals surface area contributed by atoms with Gasteiger partial charge in [-0.2, -0.15) is 0 Å². The number of ether oxygens (including phenoxy) is 1. The normalized spacial score (nSPS) is 16.7. The Bertz CT molecular complexity index is 1400. The Morgan fingerprint density at radius 2 is 1.62 bits per heavy atom. The van der Waals surface area contributed by atoms with Crippen LogP contribution >= 0.6 is 0 Å². The fourth-order valence-corrected chi connectivity index (χ4v) is 4.91. The number of carboxylic acids is 1. The van der Waals surface area contributed by atoms with Crippen molar-refractivity contribution < 1.29 is 14.6 Å². The molecule has 0 aliphatic carbocycles. The summed E-state index contributed by atoms with van der Waals surface area (Å²) < 4.78 is 6.17. The first-order chi connectivity index (χ1) is 16.7. The standard InChI is InChI=1S/C27H24N4O3/c32-27(33)25(20-17-28-21-9-3-1-7-18(20)21)30-13-15-31(16-14-30)26-19-8-2-5-11-23(19)34-24-12-6-4-10-22(24)29-26/h1-12,17,25,28H,13-16H2,(H,32,33). The molecule has 1 aromatic heterocycles. The van der Waals surface area contributed by atoms with Gasteiger partial charge in [-0.15, -0.1) is 0 Å². The first-order valence-electron chi connectivity index (χ1n) is 11.4. The van der Waals surface area contributed by atoms with Crippen molar-refractivity contribution in [3.8, 4) is 11.5 Å². The van der Waals surface area contributed by atoms with E-state index < -0.39 is 12.0 Å². The lowest BCUT2D eigenvalue weighted by Gasteiger charge is -2.39. The van der Waals surface area contributed by atoms with Crippen LogP contribution in [0, 0.1) is 0 Å². The van der Waals surface area contributed by atoms with Crippen LogP contribution in [0.4, 0.5) is 5.69 Å². The van der Waals surface area contributed by atoms with E-state index >= 15 is 0 Å². The highest BCUT2D eigenvalue weighted by Gasteiger charge is 2.33. The van der Waals surface area contributed by atoms with Crippen LogP contribution in [-0.4, -0.2) is 57.9 Å². The monoisotopic (exact) mass is 452 g/mol. The van der Waals surface area contributed by atoms with E-state index in [2.05, 4.69) is 9.88 Å². The number of piperazine rings is 1. The molecule has 3 heterocycles. The summed E-state index contributed by atoms with van der Waals surface area (Å²) in [6, 6.07) is 22.8. The van der Waals surface area contributed by atoms with E-state index in [4.69, 9.17) is 9.73 Å². The Labute approximate surface area is 196 Å². The predicted molar refractivity (Wildman–Crippen MR) is 131 cm³/mol. The average molecular weight is 453 g/mol. The Morgan fingerprint density at radius 3 is 2.44 bits per heavy atom. The third kappa shape index (κ3) is 3.50. The van der Waals surface area contributed by atoms with Crippen LogP contribution in [0.3, 0.4) is 0 Å². The molecule has 1 fully saturated rings. The lowest BCUT2D eigenvalue weighted by molar-refractivity contribution is -0.144. The summed E-state index contributed by atoms with van der Waals surface area (Å²) in [7, 11) is 0. The van der Waals surface area contributed by atoms with Crippen molar-refractivity contribution in [1.82, 2.24) is 14.8 Å². The number of aliphatic carboxylic acids is 1. The molecule has 7 nitrogen and oxygen atoms in total. The molecule has 2 aliphatic rings. The molecule has 0 amide bonds. The second-order valence-electron chi connectivity index (χ2n) is 8.55. The number of benzene rings is 3. The highest BCUT2D eigenvalue weighted by molar-refractivity contribution is 6.03. The number of fused-ring (bicyclic) bond motifs is 3. The summed E-state index contributed by atoms with van der Waals surface area (Å²) in [5, 5.41) is 11.1. The number of carboxylic acid groups (broad SMARTS) is 1. The van der Waals surface area contributed by atoms with Crippen LogP contribution in [0.2, 0.25) is 0 Å². The fraction of sp³-hybridized carbons (Fsp3) is 0.185. The van der Waals surface area contributed by atoms with Crippen LogP contribution < -0.4 is 4.74 Å². The lowest BCUT2D eigenvalue weighted by Crippen LogP contribution is -2.51. The molecule has 1 saturated heterocycles. The Kier molecular flexibility index (Phi) is 5.04. The molecule has 2 aliphatic heterocycles. The summed E-state index contributed by atoms with van der Waals surface area (Å²) in [6.07, 6.45) is 1.83. The molecule has 2 N–H and O–H groups in total. The maximum absolute atomic E-state index is 12.4. The highest BCUT2D eigenvalue weighted by atomic mass is 16.5. The third-order valence-electron chi connectivity index (χ3n) is 6.57. The van der Waals surface area contributed by atoms with Gasteiger partial charge in [0, 0.05) is 48.8 Å². The van der Waals surface area contributed by atoms with Gasteiger partial charge in [-0.25, -0.2) is 4.99 Å². The Hall–Kier alpha value is -4.10. The zero-order valence-electron chi connectivity index (χ0n) is 18.5. The van der Waals surface area contributed by atoms with Crippen molar-refractivity contribution in [2.75, 3.05) is 26.2 Å². The number of para-hydroxylation sites is 4. The van der Waals surface area contributed by atoms with Gasteiger partial charge in [0.1, 0.15) is 23.3 Å².